The summed E-state index contributed by atoms with van der Waals surface area (Å²) in [6.45, 7) is 0.390. The lowest BCUT2D eigenvalue weighted by Gasteiger charge is -2.11. The molecular formula is C14H12BrFN2O. The van der Waals surface area contributed by atoms with Crippen LogP contribution in [0.3, 0.4) is 0 Å². The Morgan fingerprint density at radius 3 is 2.74 bits per heavy atom. The minimum absolute atomic E-state index is 0.325. The maximum atomic E-state index is 13.1. The Kier molecular flexibility index (Phi) is 4.16. The van der Waals surface area contributed by atoms with E-state index >= 15 is 0 Å². The molecule has 0 radical (unpaired) electrons. The fraction of sp³-hybridized carbons (Fsp3) is 0.0714. The Bertz CT molecular complexity index is 616. The van der Waals surface area contributed by atoms with E-state index in [1.165, 1.54) is 12.1 Å². The third-order valence-corrected chi connectivity index (χ3v) is 3.37. The number of hydrogen-bond acceptors (Lipinski definition) is 2. The minimum Gasteiger partial charge on any atom is -0.380 e. The molecule has 0 saturated carbocycles. The maximum absolute atomic E-state index is 13.1. The Labute approximate surface area is 118 Å². The van der Waals surface area contributed by atoms with Gasteiger partial charge in [0, 0.05) is 16.6 Å². The van der Waals surface area contributed by atoms with Crippen molar-refractivity contribution in [1.29, 1.82) is 0 Å². The van der Waals surface area contributed by atoms with E-state index in [1.807, 2.05) is 6.07 Å². The van der Waals surface area contributed by atoms with Gasteiger partial charge in [-0.2, -0.15) is 0 Å². The van der Waals surface area contributed by atoms with Crippen molar-refractivity contribution in [2.45, 2.75) is 6.54 Å². The Balaban J connectivity index is 2.19. The zero-order valence-corrected chi connectivity index (χ0v) is 11.6. The molecule has 0 bridgehead atoms. The Hall–Kier alpha value is -1.88. The van der Waals surface area contributed by atoms with Gasteiger partial charge in [0.05, 0.1) is 5.69 Å². The molecule has 0 aliphatic carbocycles. The first-order valence-electron chi connectivity index (χ1n) is 5.64. The van der Waals surface area contributed by atoms with E-state index in [1.54, 1.807) is 24.3 Å². The van der Waals surface area contributed by atoms with Crippen LogP contribution >= 0.6 is 15.9 Å². The van der Waals surface area contributed by atoms with Gasteiger partial charge in [-0.3, -0.25) is 4.79 Å². The van der Waals surface area contributed by atoms with Crippen molar-refractivity contribution in [3.05, 3.63) is 63.9 Å². The molecule has 98 valence electrons. The number of halogens is 2. The number of carbonyl (C=O) groups excluding carboxylic acids is 1. The molecule has 0 aliphatic rings. The van der Waals surface area contributed by atoms with Crippen LogP contribution in [0.25, 0.3) is 0 Å². The third-order valence-electron chi connectivity index (χ3n) is 2.68. The first-order valence-corrected chi connectivity index (χ1v) is 6.44. The SMILES string of the molecule is NC(=O)c1ccccc1CNc1cc(F)ccc1Br. The summed E-state index contributed by atoms with van der Waals surface area (Å²) in [6.07, 6.45) is 0. The van der Waals surface area contributed by atoms with Gasteiger partial charge in [0.1, 0.15) is 5.82 Å². The lowest BCUT2D eigenvalue weighted by molar-refractivity contribution is 0.0999. The van der Waals surface area contributed by atoms with Crippen molar-refractivity contribution in [2.75, 3.05) is 5.32 Å². The highest BCUT2D eigenvalue weighted by Crippen LogP contribution is 2.24. The predicted molar refractivity (Wildman–Crippen MR) is 76.4 cm³/mol. The first-order chi connectivity index (χ1) is 9.08. The van der Waals surface area contributed by atoms with Crippen LogP contribution in [-0.4, -0.2) is 5.91 Å². The highest BCUT2D eigenvalue weighted by atomic mass is 79.9. The molecule has 5 heteroatoms. The number of rotatable bonds is 4. The largest absolute Gasteiger partial charge is 0.380 e. The average molecular weight is 323 g/mol. The molecule has 3 N–H and O–H groups in total. The van der Waals surface area contributed by atoms with Gasteiger partial charge in [0.2, 0.25) is 5.91 Å². The van der Waals surface area contributed by atoms with Gasteiger partial charge in [0.25, 0.3) is 0 Å². The minimum atomic E-state index is -0.476. The summed E-state index contributed by atoms with van der Waals surface area (Å²) >= 11 is 3.33. The van der Waals surface area contributed by atoms with Gasteiger partial charge in [0.15, 0.2) is 0 Å². The van der Waals surface area contributed by atoms with Crippen molar-refractivity contribution < 1.29 is 9.18 Å². The molecule has 0 aromatic heterocycles. The second-order valence-electron chi connectivity index (χ2n) is 4.00. The van der Waals surface area contributed by atoms with E-state index < -0.39 is 5.91 Å². The number of primary amides is 1. The number of anilines is 1. The fourth-order valence-corrected chi connectivity index (χ4v) is 2.13. The third kappa shape index (κ3) is 3.32. The van der Waals surface area contributed by atoms with Crippen molar-refractivity contribution >= 4 is 27.5 Å². The van der Waals surface area contributed by atoms with Crippen LogP contribution in [0.15, 0.2) is 46.9 Å². The molecule has 1 amide bonds. The molecule has 0 saturated heterocycles. The van der Waals surface area contributed by atoms with Crippen molar-refractivity contribution in [1.82, 2.24) is 0 Å². The number of benzene rings is 2. The average Bonchev–Trinajstić information content (AvgIpc) is 2.40. The van der Waals surface area contributed by atoms with E-state index in [9.17, 15) is 9.18 Å². The van der Waals surface area contributed by atoms with Gasteiger partial charge in [-0.1, -0.05) is 18.2 Å². The lowest BCUT2D eigenvalue weighted by atomic mass is 10.1. The molecule has 2 aromatic rings. The van der Waals surface area contributed by atoms with E-state index in [4.69, 9.17) is 5.73 Å². The van der Waals surface area contributed by atoms with Crippen LogP contribution in [0.2, 0.25) is 0 Å². The number of nitrogens with two attached hydrogens (primary N) is 1. The number of nitrogens with one attached hydrogen (secondary N) is 1. The molecule has 0 unspecified atom stereocenters. The van der Waals surface area contributed by atoms with Gasteiger partial charge in [-0.25, -0.2) is 4.39 Å². The van der Waals surface area contributed by atoms with E-state index in [0.29, 0.717) is 17.8 Å². The molecule has 2 aromatic carbocycles. The Morgan fingerprint density at radius 1 is 1.26 bits per heavy atom. The van der Waals surface area contributed by atoms with E-state index in [2.05, 4.69) is 21.2 Å². The fourth-order valence-electron chi connectivity index (χ4n) is 1.74. The molecule has 0 aliphatic heterocycles. The lowest BCUT2D eigenvalue weighted by Crippen LogP contribution is -2.15. The van der Waals surface area contributed by atoms with Gasteiger partial charge >= 0.3 is 0 Å². The molecule has 0 fully saturated rings. The van der Waals surface area contributed by atoms with Crippen molar-refractivity contribution in [3.63, 3.8) is 0 Å². The summed E-state index contributed by atoms with van der Waals surface area (Å²) in [5.74, 6) is -0.801. The number of amides is 1. The molecular weight excluding hydrogens is 311 g/mol. The molecule has 0 atom stereocenters. The summed E-state index contributed by atoms with van der Waals surface area (Å²) < 4.78 is 13.9. The van der Waals surface area contributed by atoms with Crippen LogP contribution in [0.5, 0.6) is 0 Å². The van der Waals surface area contributed by atoms with Gasteiger partial charge in [-0.15, -0.1) is 0 Å². The maximum Gasteiger partial charge on any atom is 0.249 e. The monoisotopic (exact) mass is 322 g/mol. The van der Waals surface area contributed by atoms with Crippen LogP contribution in [0, 0.1) is 5.82 Å². The molecule has 0 spiro atoms. The van der Waals surface area contributed by atoms with Crippen LogP contribution < -0.4 is 11.1 Å². The molecule has 0 heterocycles. The quantitative estimate of drug-likeness (QED) is 0.907. The second-order valence-corrected chi connectivity index (χ2v) is 4.85. The van der Waals surface area contributed by atoms with Gasteiger partial charge < -0.3 is 11.1 Å². The Morgan fingerprint density at radius 2 is 2.00 bits per heavy atom. The molecule has 2 rings (SSSR count). The number of carbonyl (C=O) groups is 1. The topological polar surface area (TPSA) is 55.1 Å². The van der Waals surface area contributed by atoms with Crippen LogP contribution in [0.1, 0.15) is 15.9 Å². The zero-order chi connectivity index (χ0) is 13.8. The summed E-state index contributed by atoms with van der Waals surface area (Å²) in [6, 6.07) is 11.4. The van der Waals surface area contributed by atoms with E-state index in [0.717, 1.165) is 10.0 Å². The highest BCUT2D eigenvalue weighted by Gasteiger charge is 2.08. The summed E-state index contributed by atoms with van der Waals surface area (Å²) in [4.78, 5) is 11.3. The number of hydrogen-bond donors (Lipinski definition) is 2. The first kappa shape index (κ1) is 13.5. The smallest absolute Gasteiger partial charge is 0.249 e. The molecule has 3 nitrogen and oxygen atoms in total. The summed E-state index contributed by atoms with van der Waals surface area (Å²) in [5, 5.41) is 3.07. The standard InChI is InChI=1S/C14H12BrFN2O/c15-12-6-5-10(16)7-13(12)18-8-9-3-1-2-4-11(9)14(17)19/h1-7,18H,8H2,(H2,17,19). The van der Waals surface area contributed by atoms with E-state index in [-0.39, 0.29) is 5.82 Å². The van der Waals surface area contributed by atoms with Crippen LogP contribution in [0.4, 0.5) is 10.1 Å². The van der Waals surface area contributed by atoms with Crippen molar-refractivity contribution in [2.24, 2.45) is 5.73 Å². The highest BCUT2D eigenvalue weighted by molar-refractivity contribution is 9.10. The van der Waals surface area contributed by atoms with Crippen LogP contribution in [-0.2, 0) is 6.54 Å². The van der Waals surface area contributed by atoms with Gasteiger partial charge in [-0.05, 0) is 45.8 Å². The van der Waals surface area contributed by atoms with Crippen molar-refractivity contribution in [3.8, 4) is 0 Å². The predicted octanol–water partition coefficient (Wildman–Crippen LogP) is 3.30. The summed E-state index contributed by atoms with van der Waals surface area (Å²) in [5.41, 5.74) is 7.16. The summed E-state index contributed by atoms with van der Waals surface area (Å²) in [7, 11) is 0. The second kappa shape index (κ2) is 5.84. The molecule has 19 heavy (non-hydrogen) atoms. The normalized spacial score (nSPS) is 10.2. The zero-order valence-electron chi connectivity index (χ0n) is 9.99.